The number of aryl methyl sites for hydroxylation is 1. The Balaban J connectivity index is 1.53. The summed E-state index contributed by atoms with van der Waals surface area (Å²) in [6.45, 7) is 1.59. The van der Waals surface area contributed by atoms with Crippen molar-refractivity contribution >= 4 is 17.8 Å². The third-order valence-corrected chi connectivity index (χ3v) is 4.45. The van der Waals surface area contributed by atoms with Gasteiger partial charge < -0.3 is 9.82 Å². The Labute approximate surface area is 163 Å². The first kappa shape index (κ1) is 18.2. The van der Waals surface area contributed by atoms with Gasteiger partial charge in [-0.1, -0.05) is 17.2 Å². The highest BCUT2D eigenvalue weighted by molar-refractivity contribution is 6.20. The quantitative estimate of drug-likeness (QED) is 0.669. The zero-order chi connectivity index (χ0) is 20.5. The average molecular weight is 390 g/mol. The van der Waals surface area contributed by atoms with E-state index in [2.05, 4.69) is 15.0 Å². The Hall–Kier alpha value is -4.14. The molecule has 1 N–H and O–H groups in total. The number of nitrogens with one attached hydrogen (secondary N) is 1. The molecule has 0 saturated heterocycles. The minimum absolute atomic E-state index is 0.0874. The standard InChI is InChI=1S/C20H14N4O5/c1-11-15(18(26)23-17(22-11)12-6-8-21-9-7-12)10-16(25)29-24-19(27)13-4-2-3-5-14(13)20(24)28/h2-9H,10H2,1H3,(H,22,23,26). The van der Waals surface area contributed by atoms with Gasteiger partial charge in [0.2, 0.25) is 0 Å². The van der Waals surface area contributed by atoms with Crippen LogP contribution in [-0.2, 0) is 16.1 Å². The zero-order valence-corrected chi connectivity index (χ0v) is 15.2. The first-order chi connectivity index (χ1) is 14.0. The number of rotatable bonds is 4. The molecule has 4 rings (SSSR count). The third-order valence-electron chi connectivity index (χ3n) is 4.45. The van der Waals surface area contributed by atoms with Crippen molar-refractivity contribution in [2.75, 3.05) is 0 Å². The second kappa shape index (κ2) is 7.12. The summed E-state index contributed by atoms with van der Waals surface area (Å²) in [7, 11) is 0. The molecule has 9 heteroatoms. The molecule has 0 spiro atoms. The first-order valence-electron chi connectivity index (χ1n) is 8.64. The Kier molecular flexibility index (Phi) is 4.47. The summed E-state index contributed by atoms with van der Waals surface area (Å²) in [6, 6.07) is 9.53. The number of pyridine rings is 1. The molecular formula is C20H14N4O5. The van der Waals surface area contributed by atoms with Crippen LogP contribution in [0.15, 0.2) is 53.6 Å². The van der Waals surface area contributed by atoms with Gasteiger partial charge in [-0.25, -0.2) is 9.78 Å². The maximum atomic E-state index is 12.4. The molecule has 1 aliphatic rings. The normalized spacial score (nSPS) is 12.8. The third kappa shape index (κ3) is 3.29. The summed E-state index contributed by atoms with van der Waals surface area (Å²) in [4.78, 5) is 65.1. The second-order valence-corrected chi connectivity index (χ2v) is 6.30. The van der Waals surface area contributed by atoms with Crippen molar-refractivity contribution in [3.8, 4) is 11.4 Å². The molecule has 2 amide bonds. The van der Waals surface area contributed by atoms with Crippen LogP contribution in [0.4, 0.5) is 0 Å². The number of fused-ring (bicyclic) bond motifs is 1. The number of carbonyl (C=O) groups is 3. The molecule has 0 aliphatic carbocycles. The fourth-order valence-corrected chi connectivity index (χ4v) is 2.99. The number of aromatic nitrogens is 3. The van der Waals surface area contributed by atoms with Gasteiger partial charge in [0.25, 0.3) is 17.4 Å². The van der Waals surface area contributed by atoms with Gasteiger partial charge >= 0.3 is 5.97 Å². The van der Waals surface area contributed by atoms with E-state index in [-0.39, 0.29) is 16.7 Å². The summed E-state index contributed by atoms with van der Waals surface area (Å²) < 4.78 is 0. The SMILES string of the molecule is Cc1nc(-c2ccncc2)[nH]c(=O)c1CC(=O)ON1C(=O)c2ccccc2C1=O. The highest BCUT2D eigenvalue weighted by Crippen LogP contribution is 2.23. The first-order valence-corrected chi connectivity index (χ1v) is 8.64. The van der Waals surface area contributed by atoms with E-state index in [9.17, 15) is 19.2 Å². The van der Waals surface area contributed by atoms with Crippen molar-refractivity contribution in [2.45, 2.75) is 13.3 Å². The van der Waals surface area contributed by atoms with Gasteiger partial charge in [0.05, 0.1) is 17.5 Å². The van der Waals surface area contributed by atoms with Crippen molar-refractivity contribution in [3.05, 3.63) is 81.5 Å². The number of carbonyl (C=O) groups excluding carboxylic acids is 3. The topological polar surface area (TPSA) is 122 Å². The number of hydrogen-bond donors (Lipinski definition) is 1. The van der Waals surface area contributed by atoms with Crippen molar-refractivity contribution in [2.24, 2.45) is 0 Å². The molecule has 9 nitrogen and oxygen atoms in total. The van der Waals surface area contributed by atoms with E-state index in [0.717, 1.165) is 0 Å². The molecule has 0 fully saturated rings. The molecular weight excluding hydrogens is 376 g/mol. The fourth-order valence-electron chi connectivity index (χ4n) is 2.99. The Bertz CT molecular complexity index is 1170. The molecule has 1 aliphatic heterocycles. The van der Waals surface area contributed by atoms with Crippen molar-refractivity contribution in [3.63, 3.8) is 0 Å². The zero-order valence-electron chi connectivity index (χ0n) is 15.2. The lowest BCUT2D eigenvalue weighted by Gasteiger charge is -2.13. The second-order valence-electron chi connectivity index (χ2n) is 6.30. The van der Waals surface area contributed by atoms with E-state index in [0.29, 0.717) is 22.1 Å². The van der Waals surface area contributed by atoms with E-state index in [4.69, 9.17) is 4.84 Å². The van der Waals surface area contributed by atoms with Crippen LogP contribution in [0.3, 0.4) is 0 Å². The van der Waals surface area contributed by atoms with Crippen molar-refractivity contribution in [1.29, 1.82) is 0 Å². The van der Waals surface area contributed by atoms with E-state index in [1.165, 1.54) is 12.1 Å². The summed E-state index contributed by atoms with van der Waals surface area (Å²) in [5.74, 6) is -2.04. The smallest absolute Gasteiger partial charge is 0.329 e. The minimum Gasteiger partial charge on any atom is -0.329 e. The molecule has 0 bridgehead atoms. The molecule has 144 valence electrons. The van der Waals surface area contributed by atoms with Gasteiger partial charge in [-0.2, -0.15) is 0 Å². The molecule has 2 aromatic heterocycles. The van der Waals surface area contributed by atoms with Crippen molar-refractivity contribution < 1.29 is 19.2 Å². The van der Waals surface area contributed by atoms with Gasteiger partial charge in [-0.05, 0) is 31.2 Å². The van der Waals surface area contributed by atoms with Gasteiger partial charge in [0.1, 0.15) is 5.82 Å². The highest BCUT2D eigenvalue weighted by Gasteiger charge is 2.38. The maximum Gasteiger partial charge on any atom is 0.337 e. The maximum absolute atomic E-state index is 12.4. The number of aromatic amines is 1. The number of hydrogen-bond acceptors (Lipinski definition) is 7. The van der Waals surface area contributed by atoms with Crippen LogP contribution in [0.25, 0.3) is 11.4 Å². The van der Waals surface area contributed by atoms with E-state index in [1.807, 2.05) is 0 Å². The van der Waals surface area contributed by atoms with Gasteiger partial charge in [0.15, 0.2) is 0 Å². The number of benzene rings is 1. The molecule has 29 heavy (non-hydrogen) atoms. The predicted octanol–water partition coefficient (Wildman–Crippen LogP) is 1.44. The number of H-pyrrole nitrogens is 1. The number of hydroxylamine groups is 2. The van der Waals surface area contributed by atoms with Crippen LogP contribution < -0.4 is 5.56 Å². The molecule has 3 aromatic rings. The van der Waals surface area contributed by atoms with Crippen LogP contribution in [-0.4, -0.2) is 37.8 Å². The number of imide groups is 1. The molecule has 0 unspecified atom stereocenters. The minimum atomic E-state index is -0.924. The van der Waals surface area contributed by atoms with E-state index < -0.39 is 29.8 Å². The Morgan fingerprint density at radius 3 is 2.24 bits per heavy atom. The lowest BCUT2D eigenvalue weighted by Crippen LogP contribution is -2.34. The molecule has 0 radical (unpaired) electrons. The lowest BCUT2D eigenvalue weighted by molar-refractivity contribution is -0.167. The Morgan fingerprint density at radius 2 is 1.66 bits per heavy atom. The van der Waals surface area contributed by atoms with Crippen LogP contribution in [0.2, 0.25) is 0 Å². The van der Waals surface area contributed by atoms with Gasteiger partial charge in [0, 0.05) is 29.2 Å². The number of nitrogens with zero attached hydrogens (tertiary/aromatic N) is 3. The number of amides is 2. The summed E-state index contributed by atoms with van der Waals surface area (Å²) in [5.41, 5.74) is 0.888. The molecule has 3 heterocycles. The Morgan fingerprint density at radius 1 is 1.03 bits per heavy atom. The van der Waals surface area contributed by atoms with E-state index >= 15 is 0 Å². The van der Waals surface area contributed by atoms with Gasteiger partial charge in [-0.15, -0.1) is 0 Å². The molecule has 0 atom stereocenters. The summed E-state index contributed by atoms with van der Waals surface area (Å²) in [5, 5.41) is 0.412. The van der Waals surface area contributed by atoms with Crippen LogP contribution in [0, 0.1) is 6.92 Å². The largest absolute Gasteiger partial charge is 0.337 e. The fraction of sp³-hybridized carbons (Fsp3) is 0.100. The van der Waals surface area contributed by atoms with Crippen molar-refractivity contribution in [1.82, 2.24) is 20.0 Å². The summed E-state index contributed by atoms with van der Waals surface area (Å²) in [6.07, 6.45) is 2.69. The monoisotopic (exact) mass is 390 g/mol. The average Bonchev–Trinajstić information content (AvgIpc) is 2.96. The van der Waals surface area contributed by atoms with Crippen LogP contribution >= 0.6 is 0 Å². The summed E-state index contributed by atoms with van der Waals surface area (Å²) >= 11 is 0. The lowest BCUT2D eigenvalue weighted by atomic mass is 10.1. The van der Waals surface area contributed by atoms with E-state index in [1.54, 1.807) is 43.6 Å². The molecule has 0 saturated carbocycles. The molecule has 1 aromatic carbocycles. The van der Waals surface area contributed by atoms with Crippen LogP contribution in [0.1, 0.15) is 32.0 Å². The van der Waals surface area contributed by atoms with Gasteiger partial charge in [-0.3, -0.25) is 19.4 Å². The highest BCUT2D eigenvalue weighted by atomic mass is 16.7. The van der Waals surface area contributed by atoms with Crippen LogP contribution in [0.5, 0.6) is 0 Å². The predicted molar refractivity (Wildman–Crippen MR) is 99.6 cm³/mol.